The van der Waals surface area contributed by atoms with Crippen LogP contribution in [0, 0.1) is 5.82 Å². The van der Waals surface area contributed by atoms with Crippen LogP contribution in [-0.4, -0.2) is 50.8 Å². The van der Waals surface area contributed by atoms with Crippen LogP contribution in [0.25, 0.3) is 0 Å². The molecule has 1 aromatic rings. The van der Waals surface area contributed by atoms with Gasteiger partial charge in [-0.15, -0.1) is 0 Å². The maximum Gasteiger partial charge on any atom is 0.279 e. The van der Waals surface area contributed by atoms with Gasteiger partial charge in [0.1, 0.15) is 5.82 Å². The zero-order valence-electron chi connectivity index (χ0n) is 12.4. The number of rotatable bonds is 5. The predicted octanol–water partition coefficient (Wildman–Crippen LogP) is 1.36. The van der Waals surface area contributed by atoms with E-state index in [-0.39, 0.29) is 11.9 Å². The predicted molar refractivity (Wildman–Crippen MR) is 80.6 cm³/mol. The topological polar surface area (TPSA) is 52.7 Å². The number of piperazine rings is 1. The number of hydrogen-bond acceptors (Lipinski definition) is 3. The molecule has 2 rings (SSSR count). The highest BCUT2D eigenvalue weighted by atomic mass is 32.2. The molecule has 1 aromatic carbocycles. The minimum Gasteiger partial charge on any atom is -0.297 e. The first kappa shape index (κ1) is 16.4. The highest BCUT2D eigenvalue weighted by molar-refractivity contribution is 7.87. The van der Waals surface area contributed by atoms with Crippen LogP contribution in [0.1, 0.15) is 24.9 Å². The summed E-state index contributed by atoms with van der Waals surface area (Å²) in [6, 6.07) is 6.19. The summed E-state index contributed by atoms with van der Waals surface area (Å²) >= 11 is 0. The Balaban J connectivity index is 2.14. The average molecular weight is 315 g/mol. The van der Waals surface area contributed by atoms with Gasteiger partial charge in [0.05, 0.1) is 0 Å². The van der Waals surface area contributed by atoms with Crippen molar-refractivity contribution in [2.24, 2.45) is 0 Å². The molecule has 0 aliphatic carbocycles. The van der Waals surface area contributed by atoms with Gasteiger partial charge in [0, 0.05) is 32.2 Å². The third-order valence-corrected chi connectivity index (χ3v) is 5.32. The van der Waals surface area contributed by atoms with Crippen molar-refractivity contribution < 1.29 is 12.8 Å². The van der Waals surface area contributed by atoms with Gasteiger partial charge in [-0.3, -0.25) is 4.90 Å². The lowest BCUT2D eigenvalue weighted by molar-refractivity contribution is 0.147. The van der Waals surface area contributed by atoms with E-state index < -0.39 is 10.2 Å². The molecule has 1 atom stereocenters. The van der Waals surface area contributed by atoms with Crippen LogP contribution in [0.4, 0.5) is 4.39 Å². The van der Waals surface area contributed by atoms with E-state index in [0.717, 1.165) is 12.0 Å². The fraction of sp³-hybridized carbons (Fsp3) is 0.571. The molecule has 1 heterocycles. The summed E-state index contributed by atoms with van der Waals surface area (Å²) in [6.07, 6.45) is 0.758. The summed E-state index contributed by atoms with van der Waals surface area (Å²) < 4.78 is 41.5. The SMILES string of the molecule is CCCNS(=O)(=O)N1CCN(C)C(c2ccc(F)cc2)C1. The Labute approximate surface area is 125 Å². The standard InChI is InChI=1S/C14H22FN3O2S/c1-3-8-16-21(19,20)18-10-9-17(2)14(11-18)12-4-6-13(15)7-5-12/h4-7,14,16H,3,8-11H2,1-2H3. The summed E-state index contributed by atoms with van der Waals surface area (Å²) in [5, 5.41) is 0. The Hall–Kier alpha value is -1.02. The molecule has 0 aromatic heterocycles. The second-order valence-electron chi connectivity index (χ2n) is 5.31. The maximum atomic E-state index is 13.0. The molecule has 1 fully saturated rings. The monoisotopic (exact) mass is 315 g/mol. The van der Waals surface area contributed by atoms with Crippen molar-refractivity contribution in [1.82, 2.24) is 13.9 Å². The Bertz CT molecular complexity index is 562. The lowest BCUT2D eigenvalue weighted by Gasteiger charge is -2.38. The van der Waals surface area contributed by atoms with Crippen LogP contribution in [0.2, 0.25) is 0 Å². The number of likely N-dealkylation sites (N-methyl/N-ethyl adjacent to an activating group) is 1. The number of nitrogens with one attached hydrogen (secondary N) is 1. The van der Waals surface area contributed by atoms with E-state index in [4.69, 9.17) is 0 Å². The van der Waals surface area contributed by atoms with E-state index in [9.17, 15) is 12.8 Å². The zero-order valence-corrected chi connectivity index (χ0v) is 13.2. The minimum atomic E-state index is -3.44. The molecule has 0 radical (unpaired) electrons. The second kappa shape index (κ2) is 6.83. The molecule has 7 heteroatoms. The minimum absolute atomic E-state index is 0.0578. The van der Waals surface area contributed by atoms with E-state index in [1.54, 1.807) is 12.1 Å². The molecule has 0 saturated carbocycles. The molecule has 0 spiro atoms. The first-order valence-corrected chi connectivity index (χ1v) is 8.58. The highest BCUT2D eigenvalue weighted by Crippen LogP contribution is 2.25. The van der Waals surface area contributed by atoms with Crippen LogP contribution < -0.4 is 4.72 Å². The molecule has 1 saturated heterocycles. The second-order valence-corrected chi connectivity index (χ2v) is 7.06. The summed E-state index contributed by atoms with van der Waals surface area (Å²) in [4.78, 5) is 2.10. The van der Waals surface area contributed by atoms with Crippen LogP contribution in [0.3, 0.4) is 0 Å². The molecule has 5 nitrogen and oxygen atoms in total. The van der Waals surface area contributed by atoms with Crippen molar-refractivity contribution >= 4 is 10.2 Å². The fourth-order valence-corrected chi connectivity index (χ4v) is 3.74. The quantitative estimate of drug-likeness (QED) is 0.892. The van der Waals surface area contributed by atoms with Gasteiger partial charge in [-0.25, -0.2) is 9.11 Å². The van der Waals surface area contributed by atoms with E-state index in [2.05, 4.69) is 9.62 Å². The molecule has 1 unspecified atom stereocenters. The van der Waals surface area contributed by atoms with Crippen LogP contribution in [0.15, 0.2) is 24.3 Å². The lowest BCUT2D eigenvalue weighted by Crippen LogP contribution is -2.52. The van der Waals surface area contributed by atoms with Crippen molar-refractivity contribution in [3.63, 3.8) is 0 Å². The molecule has 21 heavy (non-hydrogen) atoms. The molecule has 0 bridgehead atoms. The lowest BCUT2D eigenvalue weighted by atomic mass is 10.0. The number of nitrogens with zero attached hydrogens (tertiary/aromatic N) is 2. The first-order valence-electron chi connectivity index (χ1n) is 7.14. The Kier molecular flexibility index (Phi) is 5.32. The Morgan fingerprint density at radius 3 is 2.57 bits per heavy atom. The number of halogens is 1. The van der Waals surface area contributed by atoms with Gasteiger partial charge >= 0.3 is 0 Å². The third kappa shape index (κ3) is 4.00. The number of hydrogen-bond donors (Lipinski definition) is 1. The third-order valence-electron chi connectivity index (χ3n) is 3.74. The molecule has 0 amide bonds. The van der Waals surface area contributed by atoms with Gasteiger partial charge < -0.3 is 0 Å². The average Bonchev–Trinajstić information content (AvgIpc) is 2.46. The van der Waals surface area contributed by atoms with E-state index in [1.165, 1.54) is 16.4 Å². The largest absolute Gasteiger partial charge is 0.297 e. The van der Waals surface area contributed by atoms with Gasteiger partial charge in [-0.1, -0.05) is 19.1 Å². The molecule has 118 valence electrons. The van der Waals surface area contributed by atoms with Gasteiger partial charge in [-0.05, 0) is 31.2 Å². The molecular weight excluding hydrogens is 293 g/mol. The van der Waals surface area contributed by atoms with Gasteiger partial charge in [-0.2, -0.15) is 12.7 Å². The van der Waals surface area contributed by atoms with Crippen molar-refractivity contribution in [3.8, 4) is 0 Å². The fourth-order valence-electron chi connectivity index (χ4n) is 2.43. The smallest absolute Gasteiger partial charge is 0.279 e. The maximum absolute atomic E-state index is 13.0. The molecular formula is C14H22FN3O2S. The van der Waals surface area contributed by atoms with Gasteiger partial charge in [0.15, 0.2) is 0 Å². The Morgan fingerprint density at radius 2 is 1.95 bits per heavy atom. The van der Waals surface area contributed by atoms with Crippen molar-refractivity contribution in [1.29, 1.82) is 0 Å². The van der Waals surface area contributed by atoms with Crippen LogP contribution in [-0.2, 0) is 10.2 Å². The van der Waals surface area contributed by atoms with Crippen LogP contribution >= 0.6 is 0 Å². The van der Waals surface area contributed by atoms with E-state index in [1.807, 2.05) is 14.0 Å². The molecule has 1 aliphatic rings. The summed E-state index contributed by atoms with van der Waals surface area (Å²) in [5.74, 6) is -0.286. The first-order chi connectivity index (χ1) is 9.94. The van der Waals surface area contributed by atoms with Gasteiger partial charge in [0.2, 0.25) is 0 Å². The van der Waals surface area contributed by atoms with Gasteiger partial charge in [0.25, 0.3) is 10.2 Å². The summed E-state index contributed by atoms with van der Waals surface area (Å²) in [5.41, 5.74) is 0.925. The molecule has 1 aliphatic heterocycles. The van der Waals surface area contributed by atoms with Crippen molar-refractivity contribution in [2.75, 3.05) is 33.2 Å². The Morgan fingerprint density at radius 1 is 1.29 bits per heavy atom. The van der Waals surface area contributed by atoms with Crippen molar-refractivity contribution in [3.05, 3.63) is 35.6 Å². The van der Waals surface area contributed by atoms with Crippen molar-refractivity contribution in [2.45, 2.75) is 19.4 Å². The van der Waals surface area contributed by atoms with E-state index in [0.29, 0.717) is 26.2 Å². The normalized spacial score (nSPS) is 21.6. The van der Waals surface area contributed by atoms with E-state index >= 15 is 0 Å². The highest BCUT2D eigenvalue weighted by Gasteiger charge is 2.32. The summed E-state index contributed by atoms with van der Waals surface area (Å²) in [6.45, 7) is 3.85. The van der Waals surface area contributed by atoms with Crippen LogP contribution in [0.5, 0.6) is 0 Å². The zero-order chi connectivity index (χ0) is 15.5. The number of benzene rings is 1. The molecule has 1 N–H and O–H groups in total. The summed E-state index contributed by atoms with van der Waals surface area (Å²) in [7, 11) is -1.48.